The number of hydrogen-bond donors (Lipinski definition) is 1. The lowest BCUT2D eigenvalue weighted by molar-refractivity contribution is 0.104. The van der Waals surface area contributed by atoms with Crippen LogP contribution in [0.4, 0.5) is 4.39 Å². The van der Waals surface area contributed by atoms with Crippen molar-refractivity contribution < 1.29 is 12.8 Å². The zero-order chi connectivity index (χ0) is 10.8. The predicted molar refractivity (Wildman–Crippen MR) is 54.9 cm³/mol. The van der Waals surface area contributed by atoms with Crippen LogP contribution in [0.3, 0.4) is 0 Å². The Kier molecular flexibility index (Phi) is 3.53. The Bertz CT molecular complexity index is 281. The highest BCUT2D eigenvalue weighted by Gasteiger charge is 2.34. The van der Waals surface area contributed by atoms with Crippen molar-refractivity contribution in [1.29, 1.82) is 0 Å². The van der Waals surface area contributed by atoms with Gasteiger partial charge in [0.15, 0.2) is 0 Å². The summed E-state index contributed by atoms with van der Waals surface area (Å²) in [6, 6.07) is 0.345. The van der Waals surface area contributed by atoms with Crippen LogP contribution in [-0.2, 0) is 9.84 Å². The fraction of sp³-hybridized carbons (Fsp3) is 1.00. The maximum absolute atomic E-state index is 13.9. The van der Waals surface area contributed by atoms with E-state index in [1.165, 1.54) is 0 Å². The first-order chi connectivity index (χ1) is 6.31. The highest BCUT2D eigenvalue weighted by molar-refractivity contribution is 7.90. The molecule has 1 rings (SSSR count). The number of sulfone groups is 1. The Morgan fingerprint density at radius 2 is 2.21 bits per heavy atom. The molecule has 3 nitrogen and oxygen atoms in total. The molecule has 1 fully saturated rings. The molecule has 0 amide bonds. The molecule has 0 spiro atoms. The molecule has 0 aromatic heterocycles. The Balaban J connectivity index is 2.43. The van der Waals surface area contributed by atoms with Crippen molar-refractivity contribution in [3.8, 4) is 0 Å². The predicted octanol–water partition coefficient (Wildman–Crippen LogP) is 0.901. The van der Waals surface area contributed by atoms with Gasteiger partial charge >= 0.3 is 0 Å². The quantitative estimate of drug-likeness (QED) is 0.773. The summed E-state index contributed by atoms with van der Waals surface area (Å²) in [5.41, 5.74) is -1.32. The summed E-state index contributed by atoms with van der Waals surface area (Å²) in [7, 11) is -3.04. The summed E-state index contributed by atoms with van der Waals surface area (Å²) in [4.78, 5) is 0. The van der Waals surface area contributed by atoms with Crippen LogP contribution in [0.1, 0.15) is 26.2 Å². The number of alkyl halides is 1. The third kappa shape index (κ3) is 3.92. The van der Waals surface area contributed by atoms with Crippen molar-refractivity contribution in [2.24, 2.45) is 0 Å². The molecule has 0 aromatic rings. The maximum atomic E-state index is 13.9. The van der Waals surface area contributed by atoms with Crippen LogP contribution >= 0.6 is 0 Å². The van der Waals surface area contributed by atoms with E-state index in [2.05, 4.69) is 5.32 Å². The molecule has 5 heteroatoms. The van der Waals surface area contributed by atoms with Gasteiger partial charge in [-0.1, -0.05) is 0 Å². The zero-order valence-corrected chi connectivity index (χ0v) is 9.53. The minimum absolute atomic E-state index is 0.0560. The molecule has 0 radical (unpaired) electrons. The number of rotatable bonds is 3. The van der Waals surface area contributed by atoms with E-state index in [1.807, 2.05) is 6.92 Å². The maximum Gasteiger partial charge on any atom is 0.147 e. The molecule has 0 aromatic carbocycles. The highest BCUT2D eigenvalue weighted by atomic mass is 32.2. The van der Waals surface area contributed by atoms with Gasteiger partial charge in [0.25, 0.3) is 0 Å². The molecule has 1 aliphatic rings. The second-order valence-electron chi connectivity index (χ2n) is 4.35. The SMILES string of the molecule is CC1CCC(F)(CCS(C)(=O)=O)CN1. The van der Waals surface area contributed by atoms with Crippen molar-refractivity contribution in [3.05, 3.63) is 0 Å². The van der Waals surface area contributed by atoms with Gasteiger partial charge in [-0.2, -0.15) is 0 Å². The lowest BCUT2D eigenvalue weighted by Gasteiger charge is -2.33. The van der Waals surface area contributed by atoms with Crippen molar-refractivity contribution in [1.82, 2.24) is 5.32 Å². The summed E-state index contributed by atoms with van der Waals surface area (Å²) in [6.07, 6.45) is 2.51. The lowest BCUT2D eigenvalue weighted by Crippen LogP contribution is -2.47. The van der Waals surface area contributed by atoms with Gasteiger partial charge in [0.05, 0.1) is 5.75 Å². The summed E-state index contributed by atoms with van der Waals surface area (Å²) in [5.74, 6) is -0.0560. The van der Waals surface area contributed by atoms with Gasteiger partial charge in [-0.25, -0.2) is 12.8 Å². The van der Waals surface area contributed by atoms with Crippen molar-refractivity contribution in [2.45, 2.75) is 37.9 Å². The average Bonchev–Trinajstić information content (AvgIpc) is 2.07. The smallest absolute Gasteiger partial charge is 0.147 e. The first kappa shape index (κ1) is 11.9. The Morgan fingerprint density at radius 1 is 1.57 bits per heavy atom. The molecule has 1 aliphatic heterocycles. The molecule has 84 valence electrons. The number of nitrogens with one attached hydrogen (secondary N) is 1. The van der Waals surface area contributed by atoms with E-state index in [9.17, 15) is 12.8 Å². The average molecular weight is 223 g/mol. The second kappa shape index (κ2) is 4.14. The van der Waals surface area contributed by atoms with E-state index in [1.54, 1.807) is 0 Å². The van der Waals surface area contributed by atoms with Crippen LogP contribution in [0.2, 0.25) is 0 Å². The van der Waals surface area contributed by atoms with E-state index in [0.29, 0.717) is 12.5 Å². The highest BCUT2D eigenvalue weighted by Crippen LogP contribution is 2.27. The number of hydrogen-bond acceptors (Lipinski definition) is 3. The Labute approximate surface area is 85.0 Å². The molecule has 1 saturated heterocycles. The van der Waals surface area contributed by atoms with Crippen LogP contribution < -0.4 is 5.32 Å². The van der Waals surface area contributed by atoms with Gasteiger partial charge in [-0.05, 0) is 26.2 Å². The molecule has 0 bridgehead atoms. The molecule has 1 heterocycles. The van der Waals surface area contributed by atoms with Crippen LogP contribution in [0.5, 0.6) is 0 Å². The van der Waals surface area contributed by atoms with E-state index in [-0.39, 0.29) is 18.7 Å². The normalized spacial score (nSPS) is 34.4. The van der Waals surface area contributed by atoms with Gasteiger partial charge in [-0.15, -0.1) is 0 Å². The molecular weight excluding hydrogens is 205 g/mol. The van der Waals surface area contributed by atoms with Crippen LogP contribution in [0.15, 0.2) is 0 Å². The summed E-state index contributed by atoms with van der Waals surface area (Å²) >= 11 is 0. The monoisotopic (exact) mass is 223 g/mol. The molecule has 0 saturated carbocycles. The van der Waals surface area contributed by atoms with Gasteiger partial charge < -0.3 is 5.32 Å². The molecule has 1 N–H and O–H groups in total. The Hall–Kier alpha value is -0.160. The minimum atomic E-state index is -3.04. The van der Waals surface area contributed by atoms with E-state index in [0.717, 1.165) is 12.7 Å². The van der Waals surface area contributed by atoms with Crippen LogP contribution in [0, 0.1) is 0 Å². The van der Waals surface area contributed by atoms with Crippen molar-refractivity contribution in [2.75, 3.05) is 18.6 Å². The van der Waals surface area contributed by atoms with Gasteiger partial charge in [0, 0.05) is 18.8 Å². The van der Waals surface area contributed by atoms with E-state index in [4.69, 9.17) is 0 Å². The summed E-state index contributed by atoms with van der Waals surface area (Å²) in [6.45, 7) is 2.29. The summed E-state index contributed by atoms with van der Waals surface area (Å²) < 4.78 is 35.7. The van der Waals surface area contributed by atoms with E-state index >= 15 is 0 Å². The first-order valence-electron chi connectivity index (χ1n) is 4.91. The Morgan fingerprint density at radius 3 is 2.64 bits per heavy atom. The van der Waals surface area contributed by atoms with E-state index < -0.39 is 15.5 Å². The molecule has 14 heavy (non-hydrogen) atoms. The van der Waals surface area contributed by atoms with Gasteiger partial charge in [0.1, 0.15) is 15.5 Å². The number of piperidine rings is 1. The van der Waals surface area contributed by atoms with Gasteiger partial charge in [0.2, 0.25) is 0 Å². The third-order valence-corrected chi connectivity index (χ3v) is 3.66. The standard InChI is InChI=1S/C9H18FNO2S/c1-8-3-4-9(10,7-11-8)5-6-14(2,12)13/h8,11H,3-7H2,1-2H3. The molecule has 0 aliphatic carbocycles. The topological polar surface area (TPSA) is 46.2 Å². The van der Waals surface area contributed by atoms with Crippen LogP contribution in [0.25, 0.3) is 0 Å². The van der Waals surface area contributed by atoms with Gasteiger partial charge in [-0.3, -0.25) is 0 Å². The first-order valence-corrected chi connectivity index (χ1v) is 6.97. The second-order valence-corrected chi connectivity index (χ2v) is 6.61. The summed E-state index contributed by atoms with van der Waals surface area (Å²) in [5, 5.41) is 3.04. The fourth-order valence-electron chi connectivity index (χ4n) is 1.60. The lowest BCUT2D eigenvalue weighted by atomic mass is 9.90. The third-order valence-electron chi connectivity index (χ3n) is 2.71. The molecule has 2 unspecified atom stereocenters. The zero-order valence-electron chi connectivity index (χ0n) is 8.72. The molecular formula is C9H18FNO2S. The number of halogens is 1. The molecule has 2 atom stereocenters. The fourth-order valence-corrected chi connectivity index (χ4v) is 2.34. The largest absolute Gasteiger partial charge is 0.311 e. The van der Waals surface area contributed by atoms with Crippen molar-refractivity contribution in [3.63, 3.8) is 0 Å². The van der Waals surface area contributed by atoms with Crippen LogP contribution in [-0.4, -0.2) is 38.7 Å². The minimum Gasteiger partial charge on any atom is -0.311 e. The van der Waals surface area contributed by atoms with Crippen molar-refractivity contribution >= 4 is 9.84 Å².